The summed E-state index contributed by atoms with van der Waals surface area (Å²) in [6.07, 6.45) is 0. The van der Waals surface area contributed by atoms with Crippen LogP contribution in [0.4, 0.5) is 16.2 Å². The summed E-state index contributed by atoms with van der Waals surface area (Å²) in [5.41, 5.74) is 1.68. The van der Waals surface area contributed by atoms with Crippen LogP contribution >= 0.6 is 0 Å². The van der Waals surface area contributed by atoms with Crippen LogP contribution in [-0.2, 0) is 4.79 Å². The molecule has 132 valence electrons. The first-order valence-electron chi connectivity index (χ1n) is 8.45. The first-order chi connectivity index (χ1) is 12.6. The van der Waals surface area contributed by atoms with E-state index < -0.39 is 6.04 Å². The fourth-order valence-corrected chi connectivity index (χ4v) is 3.31. The van der Waals surface area contributed by atoms with Crippen LogP contribution in [0.3, 0.4) is 0 Å². The number of fused-ring (bicyclic) bond motifs is 2. The van der Waals surface area contributed by atoms with Gasteiger partial charge in [0.15, 0.2) is 0 Å². The summed E-state index contributed by atoms with van der Waals surface area (Å²) in [6, 6.07) is 15.1. The summed E-state index contributed by atoms with van der Waals surface area (Å²) >= 11 is 0. The molecular weight excluding hydrogens is 332 g/mol. The molecule has 4 amide bonds. The maximum atomic E-state index is 12.8. The molecule has 0 radical (unpaired) electrons. The largest absolute Gasteiger partial charge is 0.323 e. The van der Waals surface area contributed by atoms with E-state index >= 15 is 0 Å². The van der Waals surface area contributed by atoms with E-state index in [2.05, 4.69) is 10.6 Å². The third kappa shape index (κ3) is 2.88. The molecule has 0 bridgehead atoms. The van der Waals surface area contributed by atoms with E-state index in [1.165, 1.54) is 0 Å². The minimum absolute atomic E-state index is 0.157. The number of para-hydroxylation sites is 2. The number of nitrogens with one attached hydrogen (secondary N) is 2. The number of urea groups is 1. The van der Waals surface area contributed by atoms with Crippen LogP contribution in [0.15, 0.2) is 54.6 Å². The molecule has 1 saturated heterocycles. The van der Waals surface area contributed by atoms with Crippen molar-refractivity contribution in [3.63, 3.8) is 0 Å². The van der Waals surface area contributed by atoms with Crippen molar-refractivity contribution in [1.29, 1.82) is 0 Å². The van der Waals surface area contributed by atoms with Gasteiger partial charge < -0.3 is 20.4 Å². The smallest absolute Gasteiger partial charge is 0.321 e. The van der Waals surface area contributed by atoms with Crippen LogP contribution in [0.5, 0.6) is 0 Å². The van der Waals surface area contributed by atoms with E-state index in [-0.39, 0.29) is 24.4 Å². The Morgan fingerprint density at radius 1 is 1.00 bits per heavy atom. The summed E-state index contributed by atoms with van der Waals surface area (Å²) in [5, 5.41) is 5.62. The standard InChI is InChI=1S/C19H18N4O3/c24-17-16-12-22(19(26)20-13-6-2-1-3-7-13)10-11-23(16)18(25)14-8-4-5-9-15(14)21-17/h1-9,16H,10-12H2,(H,20,26)(H,21,24). The predicted molar refractivity (Wildman–Crippen MR) is 96.9 cm³/mol. The molecule has 26 heavy (non-hydrogen) atoms. The SMILES string of the molecule is O=C1Nc2ccccc2C(=O)N2CCN(C(=O)Nc3ccccc3)CC12. The molecule has 7 heteroatoms. The maximum absolute atomic E-state index is 12.8. The number of amides is 4. The van der Waals surface area contributed by atoms with Crippen molar-refractivity contribution < 1.29 is 14.4 Å². The van der Waals surface area contributed by atoms with E-state index in [1.807, 2.05) is 18.2 Å². The Hall–Kier alpha value is -3.35. The Morgan fingerprint density at radius 2 is 1.73 bits per heavy atom. The summed E-state index contributed by atoms with van der Waals surface area (Å²) in [6.45, 7) is 0.841. The molecule has 1 fully saturated rings. The molecule has 2 heterocycles. The molecular formula is C19H18N4O3. The number of nitrogens with zero attached hydrogens (tertiary/aromatic N) is 2. The quantitative estimate of drug-likeness (QED) is 0.825. The van der Waals surface area contributed by atoms with Crippen molar-refractivity contribution in [2.24, 2.45) is 0 Å². The van der Waals surface area contributed by atoms with Gasteiger partial charge in [-0.3, -0.25) is 9.59 Å². The number of anilines is 2. The molecule has 2 aliphatic rings. The molecule has 2 N–H and O–H groups in total. The minimum atomic E-state index is -0.704. The lowest BCUT2D eigenvalue weighted by Gasteiger charge is -2.39. The highest BCUT2D eigenvalue weighted by Gasteiger charge is 2.40. The van der Waals surface area contributed by atoms with Crippen LogP contribution in [0.2, 0.25) is 0 Å². The zero-order valence-corrected chi connectivity index (χ0v) is 14.0. The highest BCUT2D eigenvalue weighted by Crippen LogP contribution is 2.25. The second-order valence-corrected chi connectivity index (χ2v) is 6.29. The van der Waals surface area contributed by atoms with Gasteiger partial charge in [0.2, 0.25) is 5.91 Å². The molecule has 2 aliphatic heterocycles. The van der Waals surface area contributed by atoms with Crippen molar-refractivity contribution in [3.8, 4) is 0 Å². The first-order valence-corrected chi connectivity index (χ1v) is 8.45. The summed E-state index contributed by atoms with van der Waals surface area (Å²) < 4.78 is 0. The summed E-state index contributed by atoms with van der Waals surface area (Å²) in [4.78, 5) is 41.0. The number of hydrogen-bond donors (Lipinski definition) is 2. The molecule has 0 saturated carbocycles. The zero-order valence-electron chi connectivity index (χ0n) is 14.0. The highest BCUT2D eigenvalue weighted by molar-refractivity contribution is 6.10. The Bertz CT molecular complexity index is 868. The number of piperazine rings is 1. The van der Waals surface area contributed by atoms with Gasteiger partial charge in [-0.25, -0.2) is 4.79 Å². The van der Waals surface area contributed by atoms with E-state index in [4.69, 9.17) is 0 Å². The number of hydrogen-bond acceptors (Lipinski definition) is 3. The second-order valence-electron chi connectivity index (χ2n) is 6.29. The lowest BCUT2D eigenvalue weighted by atomic mass is 10.1. The van der Waals surface area contributed by atoms with Crippen molar-refractivity contribution in [2.75, 3.05) is 30.3 Å². The average Bonchev–Trinajstić information content (AvgIpc) is 2.77. The number of benzene rings is 2. The monoisotopic (exact) mass is 350 g/mol. The van der Waals surface area contributed by atoms with Crippen LogP contribution < -0.4 is 10.6 Å². The van der Waals surface area contributed by atoms with Gasteiger partial charge in [-0.15, -0.1) is 0 Å². The Kier molecular flexibility index (Phi) is 4.04. The average molecular weight is 350 g/mol. The number of carbonyl (C=O) groups is 3. The van der Waals surface area contributed by atoms with Crippen molar-refractivity contribution in [2.45, 2.75) is 6.04 Å². The molecule has 4 rings (SSSR count). The minimum Gasteiger partial charge on any atom is -0.323 e. The predicted octanol–water partition coefficient (Wildman–Crippen LogP) is 2.00. The molecule has 1 unspecified atom stereocenters. The zero-order chi connectivity index (χ0) is 18.1. The van der Waals surface area contributed by atoms with Crippen LogP contribution in [0.1, 0.15) is 10.4 Å². The fourth-order valence-electron chi connectivity index (χ4n) is 3.31. The molecule has 1 atom stereocenters. The van der Waals surface area contributed by atoms with Gasteiger partial charge >= 0.3 is 6.03 Å². The molecule has 0 spiro atoms. The Balaban J connectivity index is 1.53. The Morgan fingerprint density at radius 3 is 2.54 bits per heavy atom. The van der Waals surface area contributed by atoms with Crippen molar-refractivity contribution in [3.05, 3.63) is 60.2 Å². The second kappa shape index (κ2) is 6.51. The highest BCUT2D eigenvalue weighted by atomic mass is 16.2. The number of carbonyl (C=O) groups excluding carboxylic acids is 3. The van der Waals surface area contributed by atoms with Gasteiger partial charge in [0.1, 0.15) is 6.04 Å². The third-order valence-electron chi connectivity index (χ3n) is 4.67. The first kappa shape index (κ1) is 16.1. The van der Waals surface area contributed by atoms with Crippen LogP contribution in [-0.4, -0.2) is 53.3 Å². The van der Waals surface area contributed by atoms with E-state index in [1.54, 1.807) is 46.2 Å². The van der Waals surface area contributed by atoms with E-state index in [0.29, 0.717) is 30.0 Å². The van der Waals surface area contributed by atoms with Crippen molar-refractivity contribution in [1.82, 2.24) is 9.80 Å². The van der Waals surface area contributed by atoms with Gasteiger partial charge in [-0.1, -0.05) is 30.3 Å². The molecule has 2 aromatic rings. The Labute approximate surface area is 150 Å². The van der Waals surface area contributed by atoms with Crippen LogP contribution in [0, 0.1) is 0 Å². The normalized spacial score (nSPS) is 19.2. The number of rotatable bonds is 1. The summed E-state index contributed by atoms with van der Waals surface area (Å²) in [5.74, 6) is -0.465. The van der Waals surface area contributed by atoms with E-state index in [0.717, 1.165) is 0 Å². The van der Waals surface area contributed by atoms with Crippen LogP contribution in [0.25, 0.3) is 0 Å². The maximum Gasteiger partial charge on any atom is 0.321 e. The lowest BCUT2D eigenvalue weighted by molar-refractivity contribution is -0.121. The van der Waals surface area contributed by atoms with Gasteiger partial charge in [0.25, 0.3) is 5.91 Å². The van der Waals surface area contributed by atoms with Gasteiger partial charge in [0, 0.05) is 18.8 Å². The topological polar surface area (TPSA) is 81.8 Å². The summed E-state index contributed by atoms with van der Waals surface area (Å²) in [7, 11) is 0. The fraction of sp³-hybridized carbons (Fsp3) is 0.211. The molecule has 2 aromatic carbocycles. The molecule has 0 aromatic heterocycles. The third-order valence-corrected chi connectivity index (χ3v) is 4.67. The van der Waals surface area contributed by atoms with Crippen molar-refractivity contribution >= 4 is 29.2 Å². The molecule has 7 nitrogen and oxygen atoms in total. The molecule has 0 aliphatic carbocycles. The lowest BCUT2D eigenvalue weighted by Crippen LogP contribution is -2.60. The van der Waals surface area contributed by atoms with Gasteiger partial charge in [-0.05, 0) is 24.3 Å². The van der Waals surface area contributed by atoms with Gasteiger partial charge in [-0.2, -0.15) is 0 Å². The van der Waals surface area contributed by atoms with E-state index in [9.17, 15) is 14.4 Å². The van der Waals surface area contributed by atoms with Gasteiger partial charge in [0.05, 0.1) is 17.8 Å².